The maximum absolute atomic E-state index is 3.34. The van der Waals surface area contributed by atoms with Crippen molar-refractivity contribution in [1.29, 1.82) is 0 Å². The first-order valence-corrected chi connectivity index (χ1v) is 3.41. The van der Waals surface area contributed by atoms with Gasteiger partial charge in [-0.05, 0) is 19.4 Å². The van der Waals surface area contributed by atoms with Crippen molar-refractivity contribution in [3.63, 3.8) is 0 Å². The van der Waals surface area contributed by atoms with E-state index in [2.05, 4.69) is 33.0 Å². The Balaban J connectivity index is 3.17. The fraction of sp³-hybridized carbons (Fsp3) is 1.00. The van der Waals surface area contributed by atoms with Gasteiger partial charge in [-0.25, -0.2) is 0 Å². The first-order valence-electron chi connectivity index (χ1n) is 3.41. The molecule has 0 aliphatic rings. The van der Waals surface area contributed by atoms with Gasteiger partial charge in [0, 0.05) is 6.04 Å². The summed E-state index contributed by atoms with van der Waals surface area (Å²) in [6, 6.07) is 0.667. The average molecular weight is 115 g/mol. The highest BCUT2D eigenvalue weighted by molar-refractivity contribution is 4.61. The minimum Gasteiger partial charge on any atom is -0.314 e. The standard InChI is InChI=1S/C7H17N/c1-5-8-7(4)6(2)3/h6-8H,5H2,1-4H3/t7-/m0/s1. The molecule has 0 aromatic rings. The lowest BCUT2D eigenvalue weighted by Gasteiger charge is -2.15. The van der Waals surface area contributed by atoms with E-state index in [1.165, 1.54) is 0 Å². The van der Waals surface area contributed by atoms with Gasteiger partial charge in [-0.1, -0.05) is 20.8 Å². The highest BCUT2D eigenvalue weighted by atomic mass is 14.9. The van der Waals surface area contributed by atoms with E-state index in [1.807, 2.05) is 0 Å². The van der Waals surface area contributed by atoms with Crippen molar-refractivity contribution in [3.8, 4) is 0 Å². The van der Waals surface area contributed by atoms with Crippen molar-refractivity contribution in [2.45, 2.75) is 33.7 Å². The van der Waals surface area contributed by atoms with Gasteiger partial charge in [-0.3, -0.25) is 0 Å². The van der Waals surface area contributed by atoms with E-state index in [0.29, 0.717) is 6.04 Å². The number of rotatable bonds is 3. The van der Waals surface area contributed by atoms with Crippen molar-refractivity contribution >= 4 is 0 Å². The topological polar surface area (TPSA) is 12.0 Å². The summed E-state index contributed by atoms with van der Waals surface area (Å²) in [5, 5.41) is 3.34. The van der Waals surface area contributed by atoms with Gasteiger partial charge in [-0.15, -0.1) is 0 Å². The van der Waals surface area contributed by atoms with E-state index < -0.39 is 0 Å². The molecule has 0 bridgehead atoms. The van der Waals surface area contributed by atoms with Gasteiger partial charge < -0.3 is 5.32 Å². The van der Waals surface area contributed by atoms with Crippen molar-refractivity contribution in [2.75, 3.05) is 6.54 Å². The molecule has 8 heavy (non-hydrogen) atoms. The van der Waals surface area contributed by atoms with E-state index in [-0.39, 0.29) is 0 Å². The number of nitrogens with one attached hydrogen (secondary N) is 1. The Labute approximate surface area is 52.5 Å². The lowest BCUT2D eigenvalue weighted by molar-refractivity contribution is 0.437. The molecule has 0 heterocycles. The van der Waals surface area contributed by atoms with Gasteiger partial charge in [0.05, 0.1) is 0 Å². The molecule has 1 nitrogen and oxygen atoms in total. The predicted octanol–water partition coefficient (Wildman–Crippen LogP) is 1.64. The fourth-order valence-electron chi connectivity index (χ4n) is 0.558. The quantitative estimate of drug-likeness (QED) is 0.589. The van der Waals surface area contributed by atoms with Crippen LogP contribution >= 0.6 is 0 Å². The minimum absolute atomic E-state index is 0.667. The molecule has 1 atom stereocenters. The van der Waals surface area contributed by atoms with Crippen molar-refractivity contribution in [1.82, 2.24) is 5.32 Å². The van der Waals surface area contributed by atoms with E-state index in [0.717, 1.165) is 12.5 Å². The lowest BCUT2D eigenvalue weighted by Crippen LogP contribution is -2.30. The van der Waals surface area contributed by atoms with Gasteiger partial charge in [0.15, 0.2) is 0 Å². The van der Waals surface area contributed by atoms with Gasteiger partial charge in [0.1, 0.15) is 0 Å². The first kappa shape index (κ1) is 7.96. The van der Waals surface area contributed by atoms with Crippen LogP contribution in [0.5, 0.6) is 0 Å². The minimum atomic E-state index is 0.667. The third-order valence-corrected chi connectivity index (χ3v) is 1.53. The third-order valence-electron chi connectivity index (χ3n) is 1.53. The smallest absolute Gasteiger partial charge is 0.00616 e. The Morgan fingerprint density at radius 2 is 1.75 bits per heavy atom. The molecule has 0 amide bonds. The van der Waals surface area contributed by atoms with E-state index in [1.54, 1.807) is 0 Å². The maximum Gasteiger partial charge on any atom is 0.00616 e. The molecule has 0 fully saturated rings. The molecule has 0 aromatic heterocycles. The molecule has 1 heteroatoms. The summed E-state index contributed by atoms with van der Waals surface area (Å²) in [5.74, 6) is 0.759. The summed E-state index contributed by atoms with van der Waals surface area (Å²) in [6.07, 6.45) is 0. The van der Waals surface area contributed by atoms with E-state index >= 15 is 0 Å². The SMILES string of the molecule is CCN[C@@H](C)C(C)C. The second kappa shape index (κ2) is 3.90. The van der Waals surface area contributed by atoms with Gasteiger partial charge in [-0.2, -0.15) is 0 Å². The summed E-state index contributed by atoms with van der Waals surface area (Å²) < 4.78 is 0. The van der Waals surface area contributed by atoms with Crippen LogP contribution in [0.1, 0.15) is 27.7 Å². The molecule has 0 radical (unpaired) electrons. The van der Waals surface area contributed by atoms with Crippen LogP contribution in [0.25, 0.3) is 0 Å². The molecule has 0 rings (SSSR count). The molecule has 0 aliphatic heterocycles. The maximum atomic E-state index is 3.34. The Kier molecular flexibility index (Phi) is 3.88. The molecule has 50 valence electrons. The predicted molar refractivity (Wildman–Crippen MR) is 38.0 cm³/mol. The molecular formula is C7H17N. The van der Waals surface area contributed by atoms with Crippen LogP contribution in [-0.4, -0.2) is 12.6 Å². The van der Waals surface area contributed by atoms with E-state index in [9.17, 15) is 0 Å². The lowest BCUT2D eigenvalue weighted by atomic mass is 10.1. The van der Waals surface area contributed by atoms with Crippen molar-refractivity contribution in [3.05, 3.63) is 0 Å². The Morgan fingerprint density at radius 3 is 1.88 bits per heavy atom. The van der Waals surface area contributed by atoms with Crippen LogP contribution in [0.15, 0.2) is 0 Å². The second-order valence-corrected chi connectivity index (χ2v) is 2.59. The van der Waals surface area contributed by atoms with Crippen LogP contribution in [0.2, 0.25) is 0 Å². The van der Waals surface area contributed by atoms with Gasteiger partial charge >= 0.3 is 0 Å². The molecule has 0 saturated carbocycles. The zero-order chi connectivity index (χ0) is 6.57. The Morgan fingerprint density at radius 1 is 1.25 bits per heavy atom. The number of hydrogen-bond acceptors (Lipinski definition) is 1. The van der Waals surface area contributed by atoms with E-state index in [4.69, 9.17) is 0 Å². The van der Waals surface area contributed by atoms with Crippen LogP contribution < -0.4 is 5.32 Å². The molecular weight excluding hydrogens is 98.1 g/mol. The van der Waals surface area contributed by atoms with Crippen LogP contribution in [0.4, 0.5) is 0 Å². The van der Waals surface area contributed by atoms with Crippen molar-refractivity contribution < 1.29 is 0 Å². The highest BCUT2D eigenvalue weighted by Crippen LogP contribution is 1.97. The first-order chi connectivity index (χ1) is 3.68. The zero-order valence-corrected chi connectivity index (χ0v) is 6.36. The second-order valence-electron chi connectivity index (χ2n) is 2.59. The molecule has 0 aromatic carbocycles. The monoisotopic (exact) mass is 115 g/mol. The summed E-state index contributed by atoms with van der Waals surface area (Å²) in [6.45, 7) is 9.90. The Bertz CT molecular complexity index is 50.3. The summed E-state index contributed by atoms with van der Waals surface area (Å²) >= 11 is 0. The fourth-order valence-corrected chi connectivity index (χ4v) is 0.558. The zero-order valence-electron chi connectivity index (χ0n) is 6.36. The van der Waals surface area contributed by atoms with Crippen LogP contribution in [-0.2, 0) is 0 Å². The molecule has 1 N–H and O–H groups in total. The van der Waals surface area contributed by atoms with Gasteiger partial charge in [0.2, 0.25) is 0 Å². The molecule has 0 spiro atoms. The molecule has 0 unspecified atom stereocenters. The van der Waals surface area contributed by atoms with Crippen LogP contribution in [0, 0.1) is 5.92 Å². The third kappa shape index (κ3) is 3.03. The van der Waals surface area contributed by atoms with Gasteiger partial charge in [0.25, 0.3) is 0 Å². The Hall–Kier alpha value is -0.0400. The summed E-state index contributed by atoms with van der Waals surface area (Å²) in [5.41, 5.74) is 0. The summed E-state index contributed by atoms with van der Waals surface area (Å²) in [4.78, 5) is 0. The number of hydrogen-bond donors (Lipinski definition) is 1. The molecule has 0 saturated heterocycles. The molecule has 0 aliphatic carbocycles. The van der Waals surface area contributed by atoms with Crippen LogP contribution in [0.3, 0.4) is 0 Å². The average Bonchev–Trinajstić information content (AvgIpc) is 1.67. The largest absolute Gasteiger partial charge is 0.314 e. The van der Waals surface area contributed by atoms with Crippen molar-refractivity contribution in [2.24, 2.45) is 5.92 Å². The normalized spacial score (nSPS) is 14.6. The highest BCUT2D eigenvalue weighted by Gasteiger charge is 2.02. The summed E-state index contributed by atoms with van der Waals surface area (Å²) in [7, 11) is 0.